The number of para-hydroxylation sites is 2. The highest BCUT2D eigenvalue weighted by Crippen LogP contribution is 2.43. The van der Waals surface area contributed by atoms with E-state index < -0.39 is 0 Å². The Labute approximate surface area is 365 Å². The van der Waals surface area contributed by atoms with Crippen molar-refractivity contribution in [3.63, 3.8) is 0 Å². The molecule has 12 aromatic rings. The molecule has 0 saturated carbocycles. The Kier molecular flexibility index (Phi) is 8.79. The van der Waals surface area contributed by atoms with Crippen molar-refractivity contribution < 1.29 is 0 Å². The van der Waals surface area contributed by atoms with Gasteiger partial charge in [-0.15, -0.1) is 0 Å². The molecule has 63 heavy (non-hydrogen) atoms. The van der Waals surface area contributed by atoms with Crippen molar-refractivity contribution in [1.29, 1.82) is 0 Å². The third kappa shape index (κ3) is 6.36. The van der Waals surface area contributed by atoms with Gasteiger partial charge in [-0.25, -0.2) is 15.0 Å². The molecule has 0 atom stereocenters. The third-order valence-electron chi connectivity index (χ3n) is 12.2. The van der Waals surface area contributed by atoms with E-state index in [9.17, 15) is 0 Å². The van der Waals surface area contributed by atoms with Crippen LogP contribution in [0.25, 0.3) is 117 Å². The molecule has 3 heterocycles. The average Bonchev–Trinajstić information content (AvgIpc) is 3.72. The lowest BCUT2D eigenvalue weighted by Gasteiger charge is -2.16. The first-order valence-electron chi connectivity index (χ1n) is 21.4. The molecule has 0 amide bonds. The van der Waals surface area contributed by atoms with Crippen LogP contribution in [0.3, 0.4) is 0 Å². The van der Waals surface area contributed by atoms with Gasteiger partial charge >= 0.3 is 0 Å². The number of aromatic nitrogens is 4. The number of hydrogen-bond acceptors (Lipinski definition) is 3. The van der Waals surface area contributed by atoms with Crippen LogP contribution in [-0.4, -0.2) is 19.5 Å². The Bertz CT molecular complexity index is 3530. The van der Waals surface area contributed by atoms with Crippen LogP contribution < -0.4 is 0 Å². The lowest BCUT2D eigenvalue weighted by atomic mass is 9.99. The number of nitrogens with zero attached hydrogens (tertiary/aromatic N) is 4. The van der Waals surface area contributed by atoms with Crippen LogP contribution >= 0.6 is 0 Å². The normalized spacial score (nSPS) is 11.5. The Morgan fingerprint density at radius 2 is 0.778 bits per heavy atom. The molecule has 0 aliphatic heterocycles. The van der Waals surface area contributed by atoms with E-state index in [-0.39, 0.29) is 0 Å². The van der Waals surface area contributed by atoms with E-state index in [1.807, 2.05) is 0 Å². The molecule has 3 aromatic heterocycles. The van der Waals surface area contributed by atoms with Gasteiger partial charge < -0.3 is 4.57 Å². The molecule has 4 heteroatoms. The molecule has 0 saturated heterocycles. The van der Waals surface area contributed by atoms with Crippen LogP contribution in [0.5, 0.6) is 0 Å². The van der Waals surface area contributed by atoms with Crippen molar-refractivity contribution in [3.05, 3.63) is 231 Å². The summed E-state index contributed by atoms with van der Waals surface area (Å²) in [6, 6.07) is 81.4. The molecule has 0 fully saturated rings. The van der Waals surface area contributed by atoms with Crippen LogP contribution in [0.15, 0.2) is 231 Å². The number of fused-ring (bicyclic) bond motifs is 6. The van der Waals surface area contributed by atoms with Gasteiger partial charge in [0.25, 0.3) is 0 Å². The minimum absolute atomic E-state index is 0.674. The van der Waals surface area contributed by atoms with E-state index in [2.05, 4.69) is 235 Å². The predicted octanol–water partition coefficient (Wildman–Crippen LogP) is 15.3. The van der Waals surface area contributed by atoms with Crippen LogP contribution in [0.2, 0.25) is 0 Å². The van der Waals surface area contributed by atoms with E-state index in [0.29, 0.717) is 5.82 Å². The molecule has 0 unspecified atom stereocenters. The van der Waals surface area contributed by atoms with Gasteiger partial charge in [0.15, 0.2) is 5.82 Å². The van der Waals surface area contributed by atoms with Gasteiger partial charge in [0, 0.05) is 43.8 Å². The number of benzene rings is 9. The van der Waals surface area contributed by atoms with Crippen LogP contribution in [0, 0.1) is 0 Å². The second-order valence-electron chi connectivity index (χ2n) is 15.9. The van der Waals surface area contributed by atoms with E-state index in [1.54, 1.807) is 0 Å². The second kappa shape index (κ2) is 15.2. The van der Waals surface area contributed by atoms with E-state index in [1.165, 1.54) is 11.1 Å². The van der Waals surface area contributed by atoms with Crippen molar-refractivity contribution in [1.82, 2.24) is 19.5 Å². The largest absolute Gasteiger partial charge is 0.308 e. The van der Waals surface area contributed by atoms with Crippen molar-refractivity contribution in [3.8, 4) is 73.1 Å². The topological polar surface area (TPSA) is 43.6 Å². The fourth-order valence-corrected chi connectivity index (χ4v) is 9.20. The van der Waals surface area contributed by atoms with Gasteiger partial charge in [-0.3, -0.25) is 0 Å². The van der Waals surface area contributed by atoms with Crippen molar-refractivity contribution in [2.45, 2.75) is 0 Å². The first-order chi connectivity index (χ1) is 31.2. The highest BCUT2D eigenvalue weighted by Gasteiger charge is 2.22. The van der Waals surface area contributed by atoms with Gasteiger partial charge in [0.1, 0.15) is 0 Å². The van der Waals surface area contributed by atoms with E-state index >= 15 is 0 Å². The lowest BCUT2D eigenvalue weighted by Crippen LogP contribution is -2.00. The molecule has 0 spiro atoms. The molecule has 294 valence electrons. The maximum atomic E-state index is 5.37. The molecular formula is C59H38N4. The third-order valence-corrected chi connectivity index (χ3v) is 12.2. The van der Waals surface area contributed by atoms with Crippen LogP contribution in [0.4, 0.5) is 0 Å². The molecule has 0 bridgehead atoms. The minimum Gasteiger partial charge on any atom is -0.308 e. The van der Waals surface area contributed by atoms with E-state index in [0.717, 1.165) is 99.6 Å². The summed E-state index contributed by atoms with van der Waals surface area (Å²) in [6.45, 7) is 0. The first-order valence-corrected chi connectivity index (χ1v) is 21.4. The summed E-state index contributed by atoms with van der Waals surface area (Å²) >= 11 is 0. The first kappa shape index (κ1) is 36.4. The summed E-state index contributed by atoms with van der Waals surface area (Å²) in [5, 5.41) is 5.59. The number of hydrogen-bond donors (Lipinski definition) is 0. The van der Waals surface area contributed by atoms with Crippen LogP contribution in [-0.2, 0) is 0 Å². The molecule has 12 rings (SSSR count). The predicted molar refractivity (Wildman–Crippen MR) is 262 cm³/mol. The second-order valence-corrected chi connectivity index (χ2v) is 15.9. The highest BCUT2D eigenvalue weighted by atomic mass is 15.0. The maximum Gasteiger partial charge on any atom is 0.161 e. The van der Waals surface area contributed by atoms with Gasteiger partial charge in [0.2, 0.25) is 0 Å². The van der Waals surface area contributed by atoms with Crippen LogP contribution in [0.1, 0.15) is 0 Å². The standard InChI is InChI=1S/C59H38N4/c1-4-16-39(17-5-1)41-28-32-43(33-29-41)52-38-53(44-34-30-42(31-35-44)40-18-6-2-7-19-40)62-59(61-52)48-36-37-55(47-23-11-10-22-46(47)48)63-54-27-15-13-25-50(54)56-57(45-20-8-3-9-21-45)60-51-26-14-12-24-49(51)58(56)63/h1-38H. The summed E-state index contributed by atoms with van der Waals surface area (Å²) in [6.07, 6.45) is 0. The number of pyridine rings is 1. The summed E-state index contributed by atoms with van der Waals surface area (Å²) in [5.74, 6) is 0.674. The highest BCUT2D eigenvalue weighted by molar-refractivity contribution is 6.23. The van der Waals surface area contributed by atoms with Crippen molar-refractivity contribution in [2.75, 3.05) is 0 Å². The van der Waals surface area contributed by atoms with Gasteiger partial charge in [-0.1, -0.05) is 200 Å². The Hall–Kier alpha value is -8.47. The molecule has 0 radical (unpaired) electrons. The lowest BCUT2D eigenvalue weighted by molar-refractivity contribution is 1.18. The molecule has 4 nitrogen and oxygen atoms in total. The zero-order valence-electron chi connectivity index (χ0n) is 34.2. The summed E-state index contributed by atoms with van der Waals surface area (Å²) in [5.41, 5.74) is 15.8. The SMILES string of the molecule is c1ccc(-c2ccc(-c3cc(-c4ccc(-c5ccccc5)cc4)nc(-c4ccc(-n5c6ccccc6c6c(-c7ccccc7)nc7ccccc7c65)c5ccccc45)n3)cc2)cc1. The van der Waals surface area contributed by atoms with E-state index in [4.69, 9.17) is 15.0 Å². The van der Waals surface area contributed by atoms with Gasteiger partial charge in [-0.2, -0.15) is 0 Å². The molecule has 0 N–H and O–H groups in total. The fraction of sp³-hybridized carbons (Fsp3) is 0. The van der Waals surface area contributed by atoms with Crippen molar-refractivity contribution in [2.24, 2.45) is 0 Å². The zero-order chi connectivity index (χ0) is 41.7. The maximum absolute atomic E-state index is 5.37. The van der Waals surface area contributed by atoms with Crippen molar-refractivity contribution >= 4 is 43.5 Å². The summed E-state index contributed by atoms with van der Waals surface area (Å²) in [7, 11) is 0. The van der Waals surface area contributed by atoms with Gasteiger partial charge in [-0.05, 0) is 58.0 Å². The smallest absolute Gasteiger partial charge is 0.161 e. The fourth-order valence-electron chi connectivity index (χ4n) is 9.20. The summed E-state index contributed by atoms with van der Waals surface area (Å²) in [4.78, 5) is 16.1. The summed E-state index contributed by atoms with van der Waals surface area (Å²) < 4.78 is 2.44. The van der Waals surface area contributed by atoms with Gasteiger partial charge in [0.05, 0.1) is 39.3 Å². The Morgan fingerprint density at radius 1 is 0.317 bits per heavy atom. The Morgan fingerprint density at radius 3 is 1.38 bits per heavy atom. The molecule has 0 aliphatic carbocycles. The number of rotatable bonds is 7. The average molecular weight is 803 g/mol. The monoisotopic (exact) mass is 802 g/mol. The zero-order valence-corrected chi connectivity index (χ0v) is 34.2. The molecule has 0 aliphatic rings. The Balaban J connectivity index is 1.07. The molecule has 9 aromatic carbocycles. The molecular weight excluding hydrogens is 765 g/mol. The minimum atomic E-state index is 0.674. The quantitative estimate of drug-likeness (QED) is 0.161.